The number of H-pyrrole nitrogens is 1. The fraction of sp³-hybridized carbons (Fsp3) is 0.304. The van der Waals surface area contributed by atoms with Crippen LogP contribution in [0.5, 0.6) is 0 Å². The van der Waals surface area contributed by atoms with Crippen LogP contribution in [0.1, 0.15) is 16.8 Å². The number of pyridine rings is 1. The molecule has 0 unspecified atom stereocenters. The monoisotopic (exact) mass is 437 g/mol. The predicted molar refractivity (Wildman–Crippen MR) is 122 cm³/mol. The molecule has 2 aromatic heterocycles. The van der Waals surface area contributed by atoms with E-state index in [0.717, 1.165) is 30.0 Å². The van der Waals surface area contributed by atoms with Crippen molar-refractivity contribution in [2.24, 2.45) is 0 Å². The minimum atomic E-state index is -0.133. The molecule has 4 rings (SSSR count). The number of anilines is 1. The molecule has 1 fully saturated rings. The van der Waals surface area contributed by atoms with E-state index in [4.69, 9.17) is 11.6 Å². The van der Waals surface area contributed by atoms with Gasteiger partial charge in [0.2, 0.25) is 5.91 Å². The normalized spacial score (nSPS) is 14.0. The molecule has 1 saturated heterocycles. The molecule has 31 heavy (non-hydrogen) atoms. The first-order valence-electron chi connectivity index (χ1n) is 10.2. The van der Waals surface area contributed by atoms with Gasteiger partial charge in [-0.1, -0.05) is 23.7 Å². The summed E-state index contributed by atoms with van der Waals surface area (Å²) in [6, 6.07) is 11.2. The summed E-state index contributed by atoms with van der Waals surface area (Å²) in [4.78, 5) is 40.5. The number of rotatable bonds is 4. The van der Waals surface area contributed by atoms with Gasteiger partial charge < -0.3 is 14.8 Å². The smallest absolute Gasteiger partial charge is 0.254 e. The molecule has 0 spiro atoms. The van der Waals surface area contributed by atoms with E-state index >= 15 is 0 Å². The molecule has 160 valence electrons. The van der Waals surface area contributed by atoms with E-state index in [-0.39, 0.29) is 11.5 Å². The van der Waals surface area contributed by atoms with Gasteiger partial charge in [-0.15, -0.1) is 0 Å². The Morgan fingerprint density at radius 3 is 2.39 bits per heavy atom. The fourth-order valence-electron chi connectivity index (χ4n) is 3.57. The highest BCUT2D eigenvalue weighted by molar-refractivity contribution is 6.30. The van der Waals surface area contributed by atoms with Gasteiger partial charge in [-0.3, -0.25) is 9.59 Å². The van der Waals surface area contributed by atoms with Crippen LogP contribution in [-0.4, -0.2) is 51.9 Å². The zero-order valence-electron chi connectivity index (χ0n) is 17.6. The number of halogens is 1. The fourth-order valence-corrected chi connectivity index (χ4v) is 3.69. The van der Waals surface area contributed by atoms with E-state index in [1.54, 1.807) is 25.3 Å². The van der Waals surface area contributed by atoms with Crippen LogP contribution in [-0.2, 0) is 11.2 Å². The van der Waals surface area contributed by atoms with Gasteiger partial charge in [0.15, 0.2) is 0 Å². The minimum absolute atomic E-state index is 0.120. The van der Waals surface area contributed by atoms with Gasteiger partial charge in [-0.25, -0.2) is 9.97 Å². The Kier molecular flexibility index (Phi) is 6.04. The first-order chi connectivity index (χ1) is 14.9. The summed E-state index contributed by atoms with van der Waals surface area (Å²) >= 11 is 5.91. The van der Waals surface area contributed by atoms with Crippen LogP contribution < -0.4 is 10.5 Å². The number of hydrogen-bond acceptors (Lipinski definition) is 5. The highest BCUT2D eigenvalue weighted by Crippen LogP contribution is 2.19. The molecule has 0 radical (unpaired) electrons. The van der Waals surface area contributed by atoms with Crippen LogP contribution >= 0.6 is 11.6 Å². The zero-order valence-corrected chi connectivity index (χ0v) is 18.3. The summed E-state index contributed by atoms with van der Waals surface area (Å²) in [5, 5.41) is 0.669. The molecule has 1 aliphatic rings. The van der Waals surface area contributed by atoms with Crippen molar-refractivity contribution in [2.45, 2.75) is 20.3 Å². The Bertz CT molecular complexity index is 1130. The molecule has 8 heteroatoms. The SMILES string of the molecule is Cc1nc(-c2ccc(N3CCN(C(=O)Cc4ccc(Cl)cc4)CC3)nc2)[nH]c(=O)c1C. The van der Waals surface area contributed by atoms with Crippen LogP contribution in [0.2, 0.25) is 5.02 Å². The third-order valence-electron chi connectivity index (χ3n) is 5.64. The number of nitrogens with zero attached hydrogens (tertiary/aromatic N) is 4. The van der Waals surface area contributed by atoms with Crippen molar-refractivity contribution in [1.82, 2.24) is 19.9 Å². The third kappa shape index (κ3) is 4.77. The van der Waals surface area contributed by atoms with Crippen molar-refractivity contribution < 1.29 is 4.79 Å². The highest BCUT2D eigenvalue weighted by Gasteiger charge is 2.22. The molecular weight excluding hydrogens is 414 g/mol. The van der Waals surface area contributed by atoms with Crippen molar-refractivity contribution in [2.75, 3.05) is 31.1 Å². The van der Waals surface area contributed by atoms with Crippen LogP contribution in [0.4, 0.5) is 5.82 Å². The number of aromatic nitrogens is 3. The van der Waals surface area contributed by atoms with Crippen molar-refractivity contribution in [3.8, 4) is 11.4 Å². The second-order valence-corrected chi connectivity index (χ2v) is 8.14. The van der Waals surface area contributed by atoms with Crippen molar-refractivity contribution in [3.05, 3.63) is 74.8 Å². The van der Waals surface area contributed by atoms with Gasteiger partial charge in [0.1, 0.15) is 11.6 Å². The molecule has 0 aliphatic carbocycles. The quantitative estimate of drug-likeness (QED) is 0.678. The summed E-state index contributed by atoms with van der Waals surface area (Å²) in [7, 11) is 0. The molecule has 1 aromatic carbocycles. The van der Waals surface area contributed by atoms with Crippen LogP contribution in [0.25, 0.3) is 11.4 Å². The van der Waals surface area contributed by atoms with E-state index < -0.39 is 0 Å². The van der Waals surface area contributed by atoms with E-state index in [1.165, 1.54) is 0 Å². The minimum Gasteiger partial charge on any atom is -0.353 e. The maximum absolute atomic E-state index is 12.6. The van der Waals surface area contributed by atoms with Crippen LogP contribution in [0.3, 0.4) is 0 Å². The number of hydrogen-bond donors (Lipinski definition) is 1. The maximum Gasteiger partial charge on any atom is 0.254 e. The highest BCUT2D eigenvalue weighted by atomic mass is 35.5. The van der Waals surface area contributed by atoms with E-state index in [0.29, 0.717) is 41.6 Å². The molecule has 7 nitrogen and oxygen atoms in total. The van der Waals surface area contributed by atoms with Gasteiger partial charge in [0.25, 0.3) is 5.56 Å². The number of carbonyl (C=O) groups is 1. The molecule has 1 N–H and O–H groups in total. The van der Waals surface area contributed by atoms with E-state index in [2.05, 4.69) is 19.9 Å². The van der Waals surface area contributed by atoms with Crippen molar-refractivity contribution in [1.29, 1.82) is 0 Å². The van der Waals surface area contributed by atoms with E-state index in [1.807, 2.05) is 36.1 Å². The Morgan fingerprint density at radius 2 is 1.77 bits per heavy atom. The Balaban J connectivity index is 1.37. The van der Waals surface area contributed by atoms with Gasteiger partial charge in [0, 0.05) is 54.2 Å². The number of aromatic amines is 1. The molecule has 0 bridgehead atoms. The molecule has 0 atom stereocenters. The van der Waals surface area contributed by atoms with Crippen molar-refractivity contribution in [3.63, 3.8) is 0 Å². The van der Waals surface area contributed by atoms with E-state index in [9.17, 15) is 9.59 Å². The zero-order chi connectivity index (χ0) is 22.0. The molecule has 1 amide bonds. The Hall–Kier alpha value is -3.19. The number of nitrogens with one attached hydrogen (secondary N) is 1. The molecular formula is C23H24ClN5O2. The first kappa shape index (κ1) is 21.1. The number of benzene rings is 1. The lowest BCUT2D eigenvalue weighted by Crippen LogP contribution is -2.49. The Labute approximate surface area is 185 Å². The summed E-state index contributed by atoms with van der Waals surface area (Å²) < 4.78 is 0. The number of amides is 1. The Morgan fingerprint density at radius 1 is 1.06 bits per heavy atom. The standard InChI is InChI=1S/C23H24ClN5O2/c1-15-16(2)26-22(27-23(15)31)18-5-8-20(25-14-18)28-9-11-29(12-10-28)21(30)13-17-3-6-19(24)7-4-17/h3-8,14H,9-13H2,1-2H3,(H,26,27,31). The topological polar surface area (TPSA) is 82.2 Å². The molecule has 1 aliphatic heterocycles. The first-order valence-corrected chi connectivity index (χ1v) is 10.6. The molecule has 3 heterocycles. The summed E-state index contributed by atoms with van der Waals surface area (Å²) in [6.07, 6.45) is 2.10. The number of carbonyl (C=O) groups excluding carboxylic acids is 1. The second-order valence-electron chi connectivity index (χ2n) is 7.70. The average molecular weight is 438 g/mol. The summed E-state index contributed by atoms with van der Waals surface area (Å²) in [5.74, 6) is 1.49. The van der Waals surface area contributed by atoms with Crippen LogP contribution in [0.15, 0.2) is 47.4 Å². The summed E-state index contributed by atoms with van der Waals surface area (Å²) in [5.41, 5.74) is 2.93. The van der Waals surface area contributed by atoms with Crippen LogP contribution in [0, 0.1) is 13.8 Å². The number of aryl methyl sites for hydroxylation is 1. The lowest BCUT2D eigenvalue weighted by molar-refractivity contribution is -0.130. The summed E-state index contributed by atoms with van der Waals surface area (Å²) in [6.45, 7) is 6.33. The van der Waals surface area contributed by atoms with Gasteiger partial charge in [-0.05, 0) is 43.7 Å². The molecule has 3 aromatic rings. The largest absolute Gasteiger partial charge is 0.353 e. The van der Waals surface area contributed by atoms with Gasteiger partial charge in [-0.2, -0.15) is 0 Å². The lowest BCUT2D eigenvalue weighted by Gasteiger charge is -2.35. The lowest BCUT2D eigenvalue weighted by atomic mass is 10.1. The maximum atomic E-state index is 12.6. The predicted octanol–water partition coefficient (Wildman–Crippen LogP) is 2.99. The third-order valence-corrected chi connectivity index (χ3v) is 5.89. The van der Waals surface area contributed by atoms with Crippen molar-refractivity contribution >= 4 is 23.3 Å². The second kappa shape index (κ2) is 8.89. The number of piperazine rings is 1. The molecule has 0 saturated carbocycles. The average Bonchev–Trinajstić information content (AvgIpc) is 2.79. The van der Waals surface area contributed by atoms with Gasteiger partial charge >= 0.3 is 0 Å². The van der Waals surface area contributed by atoms with Gasteiger partial charge in [0.05, 0.1) is 6.42 Å².